The monoisotopic (exact) mass is 412 g/mol. The Hall–Kier alpha value is -2.81. The van der Waals surface area contributed by atoms with Crippen LogP contribution in [-0.4, -0.2) is 44.0 Å². The first-order valence-electron chi connectivity index (χ1n) is 9.89. The van der Waals surface area contributed by atoms with Gasteiger partial charge in [-0.15, -0.1) is 10.2 Å². The van der Waals surface area contributed by atoms with E-state index in [1.807, 2.05) is 31.3 Å². The van der Waals surface area contributed by atoms with E-state index >= 15 is 0 Å². The molecule has 3 N–H and O–H groups in total. The first-order valence-corrected chi connectivity index (χ1v) is 10.9. The van der Waals surface area contributed by atoms with Crippen LogP contribution in [0.2, 0.25) is 0 Å². The maximum atomic E-state index is 12.1. The van der Waals surface area contributed by atoms with Gasteiger partial charge in [0.05, 0.1) is 5.75 Å². The van der Waals surface area contributed by atoms with Gasteiger partial charge in [0, 0.05) is 35.2 Å². The fraction of sp³-hybridized carbons (Fsp3) is 0.400. The van der Waals surface area contributed by atoms with Gasteiger partial charge in [0.1, 0.15) is 0 Å². The number of rotatable bonds is 8. The number of unbranched alkanes of at least 4 members (excludes halogenated alkanes) is 1. The number of aromatic nitrogens is 4. The molecule has 0 radical (unpaired) electrons. The lowest BCUT2D eigenvalue weighted by Gasteiger charge is -2.09. The van der Waals surface area contributed by atoms with Crippen LogP contribution in [0.15, 0.2) is 35.6 Å². The van der Waals surface area contributed by atoms with Crippen molar-refractivity contribution in [2.75, 3.05) is 12.3 Å². The number of imide groups is 1. The predicted octanol–water partition coefficient (Wildman–Crippen LogP) is 3.48. The molecule has 0 aliphatic heterocycles. The summed E-state index contributed by atoms with van der Waals surface area (Å²) in [7, 11) is 0. The third-order valence-electron chi connectivity index (χ3n) is 4.81. The van der Waals surface area contributed by atoms with Crippen molar-refractivity contribution in [1.82, 2.24) is 30.4 Å². The van der Waals surface area contributed by atoms with E-state index in [2.05, 4.69) is 36.4 Å². The minimum Gasteiger partial charge on any atom is -0.360 e. The van der Waals surface area contributed by atoms with Crippen LogP contribution in [0.1, 0.15) is 38.6 Å². The number of benzene rings is 1. The highest BCUT2D eigenvalue weighted by atomic mass is 32.2. The van der Waals surface area contributed by atoms with Gasteiger partial charge in [0.25, 0.3) is 0 Å². The van der Waals surface area contributed by atoms with E-state index < -0.39 is 6.03 Å². The molecule has 0 spiro atoms. The number of carbonyl (C=O) groups is 2. The first kappa shape index (κ1) is 19.5. The van der Waals surface area contributed by atoms with Crippen molar-refractivity contribution in [3.8, 4) is 11.4 Å². The van der Waals surface area contributed by atoms with Crippen molar-refractivity contribution in [2.24, 2.45) is 0 Å². The average Bonchev–Trinajstić information content (AvgIpc) is 3.32. The first-order chi connectivity index (χ1) is 14.2. The zero-order valence-electron chi connectivity index (χ0n) is 16.3. The second-order valence-electron chi connectivity index (χ2n) is 7.10. The van der Waals surface area contributed by atoms with E-state index in [1.54, 1.807) is 0 Å². The second kappa shape index (κ2) is 8.69. The van der Waals surface area contributed by atoms with Crippen LogP contribution in [0.25, 0.3) is 22.3 Å². The SMILES string of the molecule is CCCCNC(=O)NC(=O)CSc1nnc(-c2c[nH]c3ccccc23)n1C1CC1. The highest BCUT2D eigenvalue weighted by Gasteiger charge is 2.31. The van der Waals surface area contributed by atoms with Gasteiger partial charge in [0.2, 0.25) is 5.91 Å². The quantitative estimate of drug-likeness (QED) is 0.388. The van der Waals surface area contributed by atoms with Crippen LogP contribution in [0, 0.1) is 0 Å². The summed E-state index contributed by atoms with van der Waals surface area (Å²) >= 11 is 1.30. The van der Waals surface area contributed by atoms with Crippen molar-refractivity contribution in [2.45, 2.75) is 43.8 Å². The average molecular weight is 413 g/mol. The van der Waals surface area contributed by atoms with Crippen molar-refractivity contribution in [1.29, 1.82) is 0 Å². The molecule has 4 rings (SSSR count). The van der Waals surface area contributed by atoms with Crippen molar-refractivity contribution < 1.29 is 9.59 Å². The molecule has 152 valence electrons. The van der Waals surface area contributed by atoms with Crippen LogP contribution < -0.4 is 10.6 Å². The molecule has 1 saturated carbocycles. The number of carbonyl (C=O) groups excluding carboxylic acids is 2. The highest BCUT2D eigenvalue weighted by Crippen LogP contribution is 2.42. The number of fused-ring (bicyclic) bond motifs is 1. The number of nitrogens with one attached hydrogen (secondary N) is 3. The van der Waals surface area contributed by atoms with Gasteiger partial charge in [-0.3, -0.25) is 14.7 Å². The molecule has 1 aliphatic rings. The fourth-order valence-corrected chi connectivity index (χ4v) is 4.00. The van der Waals surface area contributed by atoms with Gasteiger partial charge in [-0.1, -0.05) is 43.3 Å². The van der Waals surface area contributed by atoms with Crippen LogP contribution in [0.4, 0.5) is 4.79 Å². The Morgan fingerprint density at radius 1 is 1.28 bits per heavy atom. The molecule has 3 aromatic rings. The molecule has 2 heterocycles. The zero-order valence-corrected chi connectivity index (χ0v) is 17.1. The molecule has 9 heteroatoms. The maximum Gasteiger partial charge on any atom is 0.321 e. The molecule has 0 bridgehead atoms. The Kier molecular flexibility index (Phi) is 5.84. The van der Waals surface area contributed by atoms with Crippen LogP contribution in [0.5, 0.6) is 0 Å². The molecule has 29 heavy (non-hydrogen) atoms. The lowest BCUT2D eigenvalue weighted by atomic mass is 10.1. The molecule has 1 aromatic carbocycles. The van der Waals surface area contributed by atoms with Gasteiger partial charge < -0.3 is 10.3 Å². The molecule has 1 fully saturated rings. The Bertz CT molecular complexity index is 1020. The summed E-state index contributed by atoms with van der Waals surface area (Å²) in [4.78, 5) is 27.1. The molecule has 2 aromatic heterocycles. The number of urea groups is 1. The summed E-state index contributed by atoms with van der Waals surface area (Å²) in [6.07, 6.45) is 5.98. The van der Waals surface area contributed by atoms with Gasteiger partial charge in [-0.25, -0.2) is 4.79 Å². The number of aromatic amines is 1. The summed E-state index contributed by atoms with van der Waals surface area (Å²) in [5, 5.41) is 15.6. The number of para-hydroxylation sites is 1. The van der Waals surface area contributed by atoms with E-state index in [0.29, 0.717) is 17.7 Å². The van der Waals surface area contributed by atoms with Crippen molar-refractivity contribution in [3.05, 3.63) is 30.5 Å². The number of H-pyrrole nitrogens is 1. The largest absolute Gasteiger partial charge is 0.360 e. The Labute approximate surface area is 172 Å². The van der Waals surface area contributed by atoms with E-state index in [4.69, 9.17) is 0 Å². The number of thioether (sulfide) groups is 1. The molecule has 8 nitrogen and oxygen atoms in total. The molecule has 3 amide bonds. The minimum atomic E-state index is -0.452. The smallest absolute Gasteiger partial charge is 0.321 e. The number of hydrogen-bond donors (Lipinski definition) is 3. The van der Waals surface area contributed by atoms with E-state index in [1.165, 1.54) is 11.8 Å². The molecule has 1 aliphatic carbocycles. The van der Waals surface area contributed by atoms with Gasteiger partial charge in [0.15, 0.2) is 11.0 Å². The highest BCUT2D eigenvalue weighted by molar-refractivity contribution is 7.99. The molecule has 0 saturated heterocycles. The number of nitrogens with zero attached hydrogens (tertiary/aromatic N) is 3. The zero-order chi connectivity index (χ0) is 20.2. The third kappa shape index (κ3) is 4.45. The van der Waals surface area contributed by atoms with Gasteiger partial charge in [-0.2, -0.15) is 0 Å². The summed E-state index contributed by atoms with van der Waals surface area (Å²) in [5.74, 6) is 0.577. The topological polar surface area (TPSA) is 105 Å². The summed E-state index contributed by atoms with van der Waals surface area (Å²) < 4.78 is 2.12. The maximum absolute atomic E-state index is 12.1. The van der Waals surface area contributed by atoms with E-state index in [9.17, 15) is 9.59 Å². The van der Waals surface area contributed by atoms with Crippen LogP contribution in [-0.2, 0) is 4.79 Å². The lowest BCUT2D eigenvalue weighted by Crippen LogP contribution is -2.40. The van der Waals surface area contributed by atoms with E-state index in [-0.39, 0.29) is 11.7 Å². The molecule has 0 unspecified atom stereocenters. The number of amides is 3. The lowest BCUT2D eigenvalue weighted by molar-refractivity contribution is -0.117. The normalized spacial score (nSPS) is 13.6. The Balaban J connectivity index is 1.45. The predicted molar refractivity (Wildman–Crippen MR) is 113 cm³/mol. The second-order valence-corrected chi connectivity index (χ2v) is 8.04. The van der Waals surface area contributed by atoms with E-state index in [0.717, 1.165) is 48.0 Å². The summed E-state index contributed by atoms with van der Waals surface area (Å²) in [6, 6.07) is 7.99. The van der Waals surface area contributed by atoms with Crippen molar-refractivity contribution in [3.63, 3.8) is 0 Å². The van der Waals surface area contributed by atoms with Crippen LogP contribution >= 0.6 is 11.8 Å². The Morgan fingerprint density at radius 2 is 2.10 bits per heavy atom. The van der Waals surface area contributed by atoms with Gasteiger partial charge >= 0.3 is 6.03 Å². The molecule has 0 atom stereocenters. The summed E-state index contributed by atoms with van der Waals surface area (Å²) in [5.41, 5.74) is 2.06. The van der Waals surface area contributed by atoms with Crippen LogP contribution in [0.3, 0.4) is 0 Å². The summed E-state index contributed by atoms with van der Waals surface area (Å²) in [6.45, 7) is 2.61. The number of hydrogen-bond acceptors (Lipinski definition) is 5. The minimum absolute atomic E-state index is 0.111. The van der Waals surface area contributed by atoms with Crippen molar-refractivity contribution >= 4 is 34.6 Å². The molecular weight excluding hydrogens is 388 g/mol. The Morgan fingerprint density at radius 3 is 2.90 bits per heavy atom. The standard InChI is InChI=1S/C20H24N6O2S/c1-2-3-10-21-19(28)23-17(27)12-29-20-25-24-18(26(20)13-8-9-13)15-11-22-16-7-5-4-6-14(15)16/h4-7,11,13,22H,2-3,8-10,12H2,1H3,(H2,21,23,27,28). The van der Waals surface area contributed by atoms with Gasteiger partial charge in [-0.05, 0) is 25.3 Å². The third-order valence-corrected chi connectivity index (χ3v) is 5.75. The fourth-order valence-electron chi connectivity index (χ4n) is 3.19. The molecular formula is C20H24N6O2S.